The summed E-state index contributed by atoms with van der Waals surface area (Å²) in [5, 5.41) is 2.80. The number of hydrogen-bond donors (Lipinski definition) is 2. The summed E-state index contributed by atoms with van der Waals surface area (Å²) in [7, 11) is -3.85. The molecule has 0 unspecified atom stereocenters. The third-order valence-electron chi connectivity index (χ3n) is 5.45. The van der Waals surface area contributed by atoms with Crippen LogP contribution in [0.4, 0.5) is 11.6 Å². The number of aryl methyl sites for hydroxylation is 2. The van der Waals surface area contributed by atoms with E-state index in [9.17, 15) is 13.2 Å². The van der Waals surface area contributed by atoms with Crippen LogP contribution in [0.2, 0.25) is 0 Å². The number of likely N-dealkylation sites (tertiary alicyclic amines) is 1. The van der Waals surface area contributed by atoms with E-state index in [-0.39, 0.29) is 16.8 Å². The predicted molar refractivity (Wildman–Crippen MR) is 128 cm³/mol. The molecule has 4 rings (SSSR count). The highest BCUT2D eigenvalue weighted by atomic mass is 32.2. The van der Waals surface area contributed by atoms with Crippen molar-refractivity contribution in [2.45, 2.75) is 38.1 Å². The summed E-state index contributed by atoms with van der Waals surface area (Å²) in [6, 6.07) is 15.3. The molecule has 1 amide bonds. The molecule has 0 spiro atoms. The molecule has 1 aromatic heterocycles. The van der Waals surface area contributed by atoms with Gasteiger partial charge in [-0.15, -0.1) is 0 Å². The molecule has 0 bridgehead atoms. The number of benzene rings is 2. The number of anilines is 2. The lowest BCUT2D eigenvalue weighted by atomic mass is 10.1. The number of rotatable bonds is 7. The van der Waals surface area contributed by atoms with Gasteiger partial charge >= 0.3 is 0 Å². The Morgan fingerprint density at radius 3 is 2.15 bits per heavy atom. The number of sulfonamides is 1. The molecule has 0 aliphatic carbocycles. The van der Waals surface area contributed by atoms with Gasteiger partial charge in [0.2, 0.25) is 5.95 Å². The molecule has 1 aliphatic heterocycles. The molecule has 9 heteroatoms. The minimum atomic E-state index is -3.85. The third kappa shape index (κ3) is 5.94. The van der Waals surface area contributed by atoms with Crippen LogP contribution in [0.3, 0.4) is 0 Å². The fourth-order valence-electron chi connectivity index (χ4n) is 3.83. The predicted octanol–water partition coefficient (Wildman–Crippen LogP) is 3.74. The highest BCUT2D eigenvalue weighted by molar-refractivity contribution is 7.92. The van der Waals surface area contributed by atoms with Gasteiger partial charge in [0.05, 0.1) is 4.90 Å². The van der Waals surface area contributed by atoms with E-state index in [1.54, 1.807) is 32.0 Å². The Bertz CT molecular complexity index is 1220. The number of hydrogen-bond acceptors (Lipinski definition) is 6. The lowest BCUT2D eigenvalue weighted by molar-refractivity contribution is 0.102. The van der Waals surface area contributed by atoms with Crippen molar-refractivity contribution in [2.24, 2.45) is 0 Å². The summed E-state index contributed by atoms with van der Waals surface area (Å²) in [5.74, 6) is -0.224. The third-order valence-corrected chi connectivity index (χ3v) is 6.80. The van der Waals surface area contributed by atoms with Crippen molar-refractivity contribution in [2.75, 3.05) is 23.1 Å². The second-order valence-electron chi connectivity index (χ2n) is 8.24. The van der Waals surface area contributed by atoms with E-state index in [1.165, 1.54) is 30.5 Å². The van der Waals surface area contributed by atoms with E-state index in [4.69, 9.17) is 0 Å². The Morgan fingerprint density at radius 1 is 0.939 bits per heavy atom. The van der Waals surface area contributed by atoms with Gasteiger partial charge < -0.3 is 5.32 Å². The van der Waals surface area contributed by atoms with Crippen molar-refractivity contribution in [3.05, 3.63) is 77.1 Å². The molecule has 8 nitrogen and oxygen atoms in total. The summed E-state index contributed by atoms with van der Waals surface area (Å²) >= 11 is 0. The molecule has 33 heavy (non-hydrogen) atoms. The Labute approximate surface area is 194 Å². The van der Waals surface area contributed by atoms with Gasteiger partial charge in [0.15, 0.2) is 0 Å². The zero-order chi connectivity index (χ0) is 23.4. The Hall–Kier alpha value is -3.30. The zero-order valence-electron chi connectivity index (χ0n) is 18.7. The maximum Gasteiger partial charge on any atom is 0.264 e. The molecule has 2 heterocycles. The monoisotopic (exact) mass is 465 g/mol. The van der Waals surface area contributed by atoms with Crippen LogP contribution in [0, 0.1) is 13.8 Å². The fraction of sp³-hybridized carbons (Fsp3) is 0.292. The maximum atomic E-state index is 12.7. The van der Waals surface area contributed by atoms with Gasteiger partial charge in [-0.05, 0) is 87.8 Å². The minimum Gasteiger partial charge on any atom is -0.322 e. The summed E-state index contributed by atoms with van der Waals surface area (Å²) < 4.78 is 27.7. The Morgan fingerprint density at radius 2 is 1.55 bits per heavy atom. The zero-order valence-corrected chi connectivity index (χ0v) is 19.5. The second kappa shape index (κ2) is 9.68. The van der Waals surface area contributed by atoms with Gasteiger partial charge in [0.25, 0.3) is 15.9 Å². The van der Waals surface area contributed by atoms with Gasteiger partial charge in [-0.3, -0.25) is 9.69 Å². The molecule has 0 atom stereocenters. The Kier molecular flexibility index (Phi) is 6.71. The first-order chi connectivity index (χ1) is 15.8. The van der Waals surface area contributed by atoms with Crippen molar-refractivity contribution in [3.8, 4) is 0 Å². The van der Waals surface area contributed by atoms with Crippen molar-refractivity contribution in [3.63, 3.8) is 0 Å². The van der Waals surface area contributed by atoms with Gasteiger partial charge in [-0.25, -0.2) is 23.1 Å². The standard InChI is InChI=1S/C24H27N5O3S/c1-17-15-18(2)26-24(25-17)28-33(31,32)22-11-9-21(10-12-22)27-23(30)20-7-5-19(6-8-20)16-29-13-3-4-14-29/h5-12,15H,3-4,13-14,16H2,1-2H3,(H,27,30)(H,25,26,28). The van der Waals surface area contributed by atoms with Crippen molar-refractivity contribution < 1.29 is 13.2 Å². The first-order valence-corrected chi connectivity index (χ1v) is 12.3. The quantitative estimate of drug-likeness (QED) is 0.551. The van der Waals surface area contributed by atoms with E-state index in [0.717, 1.165) is 19.6 Å². The Balaban J connectivity index is 1.38. The second-order valence-corrected chi connectivity index (χ2v) is 9.92. The fourth-order valence-corrected chi connectivity index (χ4v) is 4.78. The van der Waals surface area contributed by atoms with Crippen LogP contribution in [-0.4, -0.2) is 42.3 Å². The molecule has 2 N–H and O–H groups in total. The van der Waals surface area contributed by atoms with E-state index in [1.807, 2.05) is 24.3 Å². The molecule has 0 radical (unpaired) electrons. The summed E-state index contributed by atoms with van der Waals surface area (Å²) in [6.07, 6.45) is 2.49. The number of amides is 1. The van der Waals surface area contributed by atoms with Gasteiger partial charge in [0, 0.05) is 29.2 Å². The number of carbonyl (C=O) groups excluding carboxylic acids is 1. The highest BCUT2D eigenvalue weighted by Crippen LogP contribution is 2.18. The van der Waals surface area contributed by atoms with E-state index < -0.39 is 10.0 Å². The smallest absolute Gasteiger partial charge is 0.264 e. The van der Waals surface area contributed by atoms with Crippen LogP contribution >= 0.6 is 0 Å². The number of carbonyl (C=O) groups is 1. The van der Waals surface area contributed by atoms with Gasteiger partial charge in [-0.2, -0.15) is 0 Å². The highest BCUT2D eigenvalue weighted by Gasteiger charge is 2.17. The summed E-state index contributed by atoms with van der Waals surface area (Å²) in [4.78, 5) is 23.3. The molecule has 172 valence electrons. The number of nitrogens with zero attached hydrogens (tertiary/aromatic N) is 3. The van der Waals surface area contributed by atoms with Crippen molar-refractivity contribution >= 4 is 27.6 Å². The molecular formula is C24H27N5O3S. The maximum absolute atomic E-state index is 12.7. The van der Waals surface area contributed by atoms with Crippen LogP contribution in [0.25, 0.3) is 0 Å². The molecule has 1 saturated heterocycles. The van der Waals surface area contributed by atoms with Crippen molar-refractivity contribution in [1.82, 2.24) is 14.9 Å². The molecule has 1 fully saturated rings. The average Bonchev–Trinajstić information content (AvgIpc) is 3.26. The topological polar surface area (TPSA) is 104 Å². The first-order valence-electron chi connectivity index (χ1n) is 10.9. The number of nitrogens with one attached hydrogen (secondary N) is 2. The van der Waals surface area contributed by atoms with Crippen LogP contribution in [0.5, 0.6) is 0 Å². The minimum absolute atomic E-state index is 0.0260. The molecule has 3 aromatic rings. The van der Waals surface area contributed by atoms with Crippen LogP contribution < -0.4 is 10.0 Å². The number of aromatic nitrogens is 2. The van der Waals surface area contributed by atoms with E-state index in [2.05, 4.69) is 24.9 Å². The molecular weight excluding hydrogens is 438 g/mol. The lowest BCUT2D eigenvalue weighted by Crippen LogP contribution is -2.18. The van der Waals surface area contributed by atoms with E-state index in [0.29, 0.717) is 22.6 Å². The molecule has 2 aromatic carbocycles. The molecule has 0 saturated carbocycles. The van der Waals surface area contributed by atoms with Crippen LogP contribution in [-0.2, 0) is 16.6 Å². The van der Waals surface area contributed by atoms with Crippen LogP contribution in [0.15, 0.2) is 59.5 Å². The normalized spacial score (nSPS) is 14.2. The summed E-state index contributed by atoms with van der Waals surface area (Å²) in [5.41, 5.74) is 3.57. The van der Waals surface area contributed by atoms with E-state index >= 15 is 0 Å². The SMILES string of the molecule is Cc1cc(C)nc(NS(=O)(=O)c2ccc(NC(=O)c3ccc(CN4CCCC4)cc3)cc2)n1. The van der Waals surface area contributed by atoms with Gasteiger partial charge in [-0.1, -0.05) is 12.1 Å². The van der Waals surface area contributed by atoms with Crippen molar-refractivity contribution in [1.29, 1.82) is 0 Å². The average molecular weight is 466 g/mol. The largest absolute Gasteiger partial charge is 0.322 e. The lowest BCUT2D eigenvalue weighted by Gasteiger charge is -2.14. The summed E-state index contributed by atoms with van der Waals surface area (Å²) in [6.45, 7) is 6.69. The van der Waals surface area contributed by atoms with Crippen LogP contribution in [0.1, 0.15) is 40.2 Å². The molecule has 1 aliphatic rings. The first kappa shape index (κ1) is 22.9. The van der Waals surface area contributed by atoms with Gasteiger partial charge in [0.1, 0.15) is 0 Å².